The molecule has 0 saturated carbocycles. The van der Waals surface area contributed by atoms with Crippen LogP contribution >= 0.6 is 0 Å². The minimum atomic E-state index is -1.11. The lowest BCUT2D eigenvalue weighted by Gasteiger charge is -2.02. The predicted molar refractivity (Wildman–Crippen MR) is 73.3 cm³/mol. The van der Waals surface area contributed by atoms with Crippen molar-refractivity contribution in [3.05, 3.63) is 36.1 Å². The first-order chi connectivity index (χ1) is 8.56. The number of furan rings is 1. The molecule has 2 aromatic rings. The van der Waals surface area contributed by atoms with E-state index in [1.165, 1.54) is 0 Å². The van der Waals surface area contributed by atoms with E-state index in [1.807, 2.05) is 38.1 Å². The minimum Gasteiger partial charge on any atom is -0.453 e. The second kappa shape index (κ2) is 5.48. The van der Waals surface area contributed by atoms with Crippen molar-refractivity contribution >= 4 is 27.6 Å². The van der Waals surface area contributed by atoms with Crippen molar-refractivity contribution in [1.29, 1.82) is 0 Å². The first kappa shape index (κ1) is 13.0. The molecule has 0 aliphatic carbocycles. The number of fused-ring (bicyclic) bond motifs is 1. The van der Waals surface area contributed by atoms with Gasteiger partial charge in [-0.3, -0.25) is 9.00 Å². The SMILES string of the molecule is CC(C)CS(=O)CC(=O)c1cc2ccccc2o1. The molecule has 0 amide bonds. The van der Waals surface area contributed by atoms with Crippen LogP contribution in [0.2, 0.25) is 0 Å². The molecule has 1 heterocycles. The van der Waals surface area contributed by atoms with Gasteiger partial charge < -0.3 is 4.42 Å². The van der Waals surface area contributed by atoms with Gasteiger partial charge in [0.1, 0.15) is 5.58 Å². The molecule has 1 unspecified atom stereocenters. The van der Waals surface area contributed by atoms with Gasteiger partial charge in [0, 0.05) is 21.9 Å². The molecule has 1 aromatic carbocycles. The molecular weight excluding hydrogens is 248 g/mol. The Morgan fingerprint density at radius 1 is 1.33 bits per heavy atom. The molecule has 96 valence electrons. The Labute approximate surface area is 109 Å². The smallest absolute Gasteiger partial charge is 0.210 e. The fourth-order valence-electron chi connectivity index (χ4n) is 1.77. The van der Waals surface area contributed by atoms with Gasteiger partial charge in [-0.05, 0) is 18.1 Å². The lowest BCUT2D eigenvalue weighted by Crippen LogP contribution is -2.15. The van der Waals surface area contributed by atoms with E-state index in [0.29, 0.717) is 23.0 Å². The van der Waals surface area contributed by atoms with Crippen molar-refractivity contribution < 1.29 is 13.4 Å². The molecule has 0 saturated heterocycles. The summed E-state index contributed by atoms with van der Waals surface area (Å²) in [6.45, 7) is 3.98. The van der Waals surface area contributed by atoms with E-state index in [2.05, 4.69) is 0 Å². The summed E-state index contributed by atoms with van der Waals surface area (Å²) in [6.07, 6.45) is 0. The van der Waals surface area contributed by atoms with Gasteiger partial charge >= 0.3 is 0 Å². The number of carbonyl (C=O) groups is 1. The number of Topliss-reactive ketones (excluding diaryl/α,β-unsaturated/α-hetero) is 1. The van der Waals surface area contributed by atoms with Gasteiger partial charge in [-0.25, -0.2) is 0 Å². The van der Waals surface area contributed by atoms with Crippen LogP contribution in [0.25, 0.3) is 11.0 Å². The third-order valence-electron chi connectivity index (χ3n) is 2.51. The normalized spacial score (nSPS) is 13.1. The highest BCUT2D eigenvalue weighted by molar-refractivity contribution is 7.85. The van der Waals surface area contributed by atoms with E-state index >= 15 is 0 Å². The minimum absolute atomic E-state index is 0.0397. The highest BCUT2D eigenvalue weighted by Crippen LogP contribution is 2.19. The Morgan fingerprint density at radius 2 is 2.06 bits per heavy atom. The summed E-state index contributed by atoms with van der Waals surface area (Å²) in [5, 5.41) is 0.899. The molecule has 2 rings (SSSR count). The van der Waals surface area contributed by atoms with E-state index in [1.54, 1.807) is 6.07 Å². The van der Waals surface area contributed by atoms with E-state index in [4.69, 9.17) is 4.42 Å². The summed E-state index contributed by atoms with van der Waals surface area (Å²) < 4.78 is 17.2. The zero-order chi connectivity index (χ0) is 13.1. The molecule has 0 bridgehead atoms. The van der Waals surface area contributed by atoms with Gasteiger partial charge in [-0.2, -0.15) is 0 Å². The van der Waals surface area contributed by atoms with Gasteiger partial charge in [0.2, 0.25) is 5.78 Å². The molecule has 0 N–H and O–H groups in total. The summed E-state index contributed by atoms with van der Waals surface area (Å²) >= 11 is 0. The molecule has 1 atom stereocenters. The Balaban J connectivity index is 2.11. The summed E-state index contributed by atoms with van der Waals surface area (Å²) in [6, 6.07) is 9.17. The van der Waals surface area contributed by atoms with Gasteiger partial charge in [0.25, 0.3) is 0 Å². The van der Waals surface area contributed by atoms with E-state index in [-0.39, 0.29) is 11.5 Å². The van der Waals surface area contributed by atoms with Crippen LogP contribution in [0.1, 0.15) is 24.4 Å². The third-order valence-corrected chi connectivity index (χ3v) is 4.13. The van der Waals surface area contributed by atoms with Crippen LogP contribution in [-0.2, 0) is 10.8 Å². The average molecular weight is 264 g/mol. The van der Waals surface area contributed by atoms with Crippen LogP contribution in [0.4, 0.5) is 0 Å². The molecule has 4 heteroatoms. The van der Waals surface area contributed by atoms with Gasteiger partial charge in [-0.1, -0.05) is 32.0 Å². The predicted octanol–water partition coefficient (Wildman–Crippen LogP) is 3.02. The highest BCUT2D eigenvalue weighted by Gasteiger charge is 2.15. The van der Waals surface area contributed by atoms with Crippen LogP contribution in [0.15, 0.2) is 34.7 Å². The van der Waals surface area contributed by atoms with Crippen molar-refractivity contribution in [1.82, 2.24) is 0 Å². The quantitative estimate of drug-likeness (QED) is 0.780. The number of hydrogen-bond acceptors (Lipinski definition) is 3. The molecule has 3 nitrogen and oxygen atoms in total. The summed E-state index contributed by atoms with van der Waals surface area (Å²) in [5.41, 5.74) is 0.690. The van der Waals surface area contributed by atoms with Crippen LogP contribution in [0.3, 0.4) is 0 Å². The lowest BCUT2D eigenvalue weighted by molar-refractivity contribution is 0.0993. The van der Waals surface area contributed by atoms with Crippen molar-refractivity contribution in [2.45, 2.75) is 13.8 Å². The number of para-hydroxylation sites is 1. The molecule has 1 aromatic heterocycles. The Hall–Kier alpha value is -1.42. The number of hydrogen-bond donors (Lipinski definition) is 0. The zero-order valence-electron chi connectivity index (χ0n) is 10.5. The fraction of sp³-hybridized carbons (Fsp3) is 0.357. The van der Waals surface area contributed by atoms with Crippen LogP contribution < -0.4 is 0 Å². The van der Waals surface area contributed by atoms with Crippen LogP contribution in [-0.4, -0.2) is 21.5 Å². The Kier molecular flexibility index (Phi) is 3.97. The molecule has 18 heavy (non-hydrogen) atoms. The number of carbonyl (C=O) groups excluding carboxylic acids is 1. The van der Waals surface area contributed by atoms with Crippen molar-refractivity contribution in [3.63, 3.8) is 0 Å². The topological polar surface area (TPSA) is 47.3 Å². The molecule has 0 spiro atoms. The third kappa shape index (κ3) is 3.07. The highest BCUT2D eigenvalue weighted by atomic mass is 32.2. The number of ketones is 1. The lowest BCUT2D eigenvalue weighted by atomic mass is 10.2. The average Bonchev–Trinajstić information content (AvgIpc) is 2.71. The standard InChI is InChI=1S/C14H16O3S/c1-10(2)8-18(16)9-12(15)14-7-11-5-3-4-6-13(11)17-14/h3-7,10H,8-9H2,1-2H3. The summed E-state index contributed by atoms with van der Waals surface area (Å²) in [7, 11) is -1.11. The fourth-order valence-corrected chi connectivity index (χ4v) is 3.06. The molecule has 0 radical (unpaired) electrons. The maximum atomic E-state index is 11.9. The van der Waals surface area contributed by atoms with Crippen molar-refractivity contribution in [2.24, 2.45) is 5.92 Å². The largest absolute Gasteiger partial charge is 0.453 e. The molecule has 0 aliphatic heterocycles. The van der Waals surface area contributed by atoms with Gasteiger partial charge in [0.05, 0.1) is 5.75 Å². The molecule has 0 fully saturated rings. The van der Waals surface area contributed by atoms with E-state index in [9.17, 15) is 9.00 Å². The first-order valence-electron chi connectivity index (χ1n) is 5.93. The van der Waals surface area contributed by atoms with Crippen molar-refractivity contribution in [2.75, 3.05) is 11.5 Å². The van der Waals surface area contributed by atoms with Gasteiger partial charge in [0.15, 0.2) is 5.76 Å². The van der Waals surface area contributed by atoms with E-state index < -0.39 is 10.8 Å². The van der Waals surface area contributed by atoms with Crippen LogP contribution in [0.5, 0.6) is 0 Å². The second-order valence-corrected chi connectivity index (χ2v) is 6.22. The first-order valence-corrected chi connectivity index (χ1v) is 7.42. The maximum absolute atomic E-state index is 11.9. The Morgan fingerprint density at radius 3 is 2.72 bits per heavy atom. The van der Waals surface area contributed by atoms with E-state index in [0.717, 1.165) is 5.39 Å². The maximum Gasteiger partial charge on any atom is 0.210 e. The monoisotopic (exact) mass is 264 g/mol. The second-order valence-electron chi connectivity index (χ2n) is 4.72. The summed E-state index contributed by atoms with van der Waals surface area (Å²) in [4.78, 5) is 11.9. The molecule has 0 aliphatic rings. The van der Waals surface area contributed by atoms with Crippen molar-refractivity contribution in [3.8, 4) is 0 Å². The van der Waals surface area contributed by atoms with Crippen LogP contribution in [0, 0.1) is 5.92 Å². The number of rotatable bonds is 5. The Bertz CT molecular complexity index is 550. The number of benzene rings is 1. The van der Waals surface area contributed by atoms with Gasteiger partial charge in [-0.15, -0.1) is 0 Å². The molecular formula is C14H16O3S. The summed E-state index contributed by atoms with van der Waals surface area (Å²) in [5.74, 6) is 1.03. The zero-order valence-corrected chi connectivity index (χ0v) is 11.3.